The zero-order valence-corrected chi connectivity index (χ0v) is 25.8. The van der Waals surface area contributed by atoms with Crippen molar-refractivity contribution in [3.05, 3.63) is 0 Å². The molecule has 0 spiro atoms. The van der Waals surface area contributed by atoms with Crippen molar-refractivity contribution < 1.29 is 110 Å². The number of aliphatic hydroxyl groups excluding tert-OH is 13. The van der Waals surface area contributed by atoms with Gasteiger partial charge in [-0.05, 0) is 0 Å². The molecular weight excluding hydrogens is 678 g/mol. The summed E-state index contributed by atoms with van der Waals surface area (Å²) in [6.07, 6.45) is -34.4. The molecule has 0 aromatic rings. The summed E-state index contributed by atoms with van der Waals surface area (Å²) < 4.78 is 32.1. The van der Waals surface area contributed by atoms with Gasteiger partial charge in [0.05, 0.1) is 32.5 Å². The molecule has 3 rings (SSSR count). The van der Waals surface area contributed by atoms with Crippen molar-refractivity contribution >= 4 is 11.9 Å². The highest BCUT2D eigenvalue weighted by Crippen LogP contribution is 2.29. The van der Waals surface area contributed by atoms with Gasteiger partial charge in [0.2, 0.25) is 5.91 Å². The van der Waals surface area contributed by atoms with Crippen LogP contribution in [0.4, 0.5) is 0 Å². The maximum Gasteiger partial charge on any atom is 0.335 e. The summed E-state index contributed by atoms with van der Waals surface area (Å²) >= 11 is 0. The molecule has 23 nitrogen and oxygen atoms in total. The third-order valence-electron chi connectivity index (χ3n) is 8.19. The van der Waals surface area contributed by atoms with Crippen molar-refractivity contribution in [1.82, 2.24) is 5.32 Å². The van der Waals surface area contributed by atoms with E-state index >= 15 is 0 Å². The van der Waals surface area contributed by atoms with Crippen LogP contribution in [0.2, 0.25) is 0 Å². The van der Waals surface area contributed by atoms with Gasteiger partial charge < -0.3 is 105 Å². The Morgan fingerprint density at radius 3 is 1.55 bits per heavy atom. The highest BCUT2D eigenvalue weighted by atomic mass is 16.7. The van der Waals surface area contributed by atoms with Crippen LogP contribution in [-0.2, 0) is 38.0 Å². The van der Waals surface area contributed by atoms with Gasteiger partial charge in [0.25, 0.3) is 0 Å². The largest absolute Gasteiger partial charge is 0.479 e. The highest BCUT2D eigenvalue weighted by Gasteiger charge is 2.51. The number of nitrogens with one attached hydrogen (secondary N) is 1. The van der Waals surface area contributed by atoms with Gasteiger partial charge in [0.15, 0.2) is 25.0 Å². The van der Waals surface area contributed by atoms with Crippen LogP contribution >= 0.6 is 0 Å². The molecule has 3 saturated heterocycles. The predicted octanol–water partition coefficient (Wildman–Crippen LogP) is -9.88. The van der Waals surface area contributed by atoms with Crippen molar-refractivity contribution in [1.29, 1.82) is 0 Å². The molecule has 0 saturated carbocycles. The summed E-state index contributed by atoms with van der Waals surface area (Å²) in [5.41, 5.74) is 0. The fourth-order valence-corrected chi connectivity index (χ4v) is 5.32. The van der Waals surface area contributed by atoms with Gasteiger partial charge in [0.1, 0.15) is 85.5 Å². The van der Waals surface area contributed by atoms with Crippen molar-refractivity contribution in [3.63, 3.8) is 0 Å². The zero-order chi connectivity index (χ0) is 36.9. The summed E-state index contributed by atoms with van der Waals surface area (Å²) in [7, 11) is 0. The summed E-state index contributed by atoms with van der Waals surface area (Å²) in [6, 6.07) is -1.45. The van der Waals surface area contributed by atoms with Gasteiger partial charge in [-0.2, -0.15) is 0 Å². The second kappa shape index (κ2) is 18.1. The fraction of sp³-hybridized carbons (Fsp3) is 0.923. The van der Waals surface area contributed by atoms with Gasteiger partial charge in [-0.1, -0.05) is 0 Å². The van der Waals surface area contributed by atoms with Crippen LogP contribution in [0, 0.1) is 0 Å². The summed E-state index contributed by atoms with van der Waals surface area (Å²) in [6.45, 7) is -2.41. The van der Waals surface area contributed by atoms with Crippen molar-refractivity contribution in [2.75, 3.05) is 26.4 Å². The van der Waals surface area contributed by atoms with E-state index in [-0.39, 0.29) is 0 Å². The van der Waals surface area contributed by atoms with Gasteiger partial charge in [-0.3, -0.25) is 4.79 Å². The van der Waals surface area contributed by atoms with Crippen molar-refractivity contribution in [2.24, 2.45) is 0 Å². The monoisotopic (exact) mass is 723 g/mol. The normalized spacial score (nSPS) is 42.5. The van der Waals surface area contributed by atoms with E-state index < -0.39 is 155 Å². The van der Waals surface area contributed by atoms with Gasteiger partial charge >= 0.3 is 5.97 Å². The molecule has 286 valence electrons. The molecule has 3 heterocycles. The molecule has 0 bridgehead atoms. The standard InChI is InChI=1S/C26H45NO22/c1-6(30)27-7(2-28)21(11(32)8(31)3-29)48-26-20(41)15(36)13(34)10(47-26)5-44-24-18(39)14(35)12(33)9(46-24)4-45-25-19(40)16(37)17(38)22(49-25)23(42)43/h7-22,24-26,28-29,31-41H,2-5H2,1H3,(H,27,30)(H,42,43)/t7-,8+,9+,10+,11-,12-,13+,14-,15-,16-,17-,18+,19+,20+,21+,22-,24+,25+,26-/m0/s1. The van der Waals surface area contributed by atoms with E-state index in [1.165, 1.54) is 0 Å². The lowest BCUT2D eigenvalue weighted by atomic mass is 9.97. The van der Waals surface area contributed by atoms with E-state index in [9.17, 15) is 81.1 Å². The third kappa shape index (κ3) is 9.74. The predicted molar refractivity (Wildman–Crippen MR) is 148 cm³/mol. The average molecular weight is 724 g/mol. The molecule has 0 aliphatic carbocycles. The lowest BCUT2D eigenvalue weighted by Gasteiger charge is -2.44. The lowest BCUT2D eigenvalue weighted by molar-refractivity contribution is -0.346. The molecule has 23 heteroatoms. The van der Waals surface area contributed by atoms with Crippen LogP contribution in [0.1, 0.15) is 6.92 Å². The molecule has 0 radical (unpaired) electrons. The Kier molecular flexibility index (Phi) is 15.4. The number of carboxylic acid groups (broad SMARTS) is 1. The number of hydrogen-bond acceptors (Lipinski definition) is 21. The SMILES string of the molecule is CC(=O)N[C@@H](CO)[C@@H](O[C@@H]1O[C@H](CO[C@@H]2O[C@H](CO[C@@H]3O[C@H](C(=O)O)[C@@H](O)[C@H](O)[C@H]3O)[C@H](O)[C@H](O)[C@H]2O)[C@@H](O)[C@H](O)[C@H]1O)[C@@H](O)[C@H](O)CO. The van der Waals surface area contributed by atoms with Crippen LogP contribution in [0.25, 0.3) is 0 Å². The number of rotatable bonds is 15. The molecule has 1 amide bonds. The lowest BCUT2D eigenvalue weighted by Crippen LogP contribution is -2.64. The molecule has 3 aliphatic heterocycles. The molecule has 49 heavy (non-hydrogen) atoms. The van der Waals surface area contributed by atoms with Crippen LogP contribution in [-0.4, -0.2) is 226 Å². The van der Waals surface area contributed by atoms with E-state index in [2.05, 4.69) is 5.32 Å². The number of hydrogen-bond donors (Lipinski definition) is 15. The summed E-state index contributed by atoms with van der Waals surface area (Å²) in [5, 5.41) is 144. The molecule has 0 aromatic heterocycles. The molecule has 19 atom stereocenters. The minimum atomic E-state index is -2.04. The molecular formula is C26H45NO22. The molecule has 3 fully saturated rings. The van der Waals surface area contributed by atoms with Gasteiger partial charge in [-0.15, -0.1) is 0 Å². The summed E-state index contributed by atoms with van der Waals surface area (Å²) in [5.74, 6) is -2.41. The maximum absolute atomic E-state index is 11.6. The van der Waals surface area contributed by atoms with Crippen LogP contribution in [0.5, 0.6) is 0 Å². The Labute approximate surface area is 277 Å². The van der Waals surface area contributed by atoms with Crippen molar-refractivity contribution in [3.8, 4) is 0 Å². The average Bonchev–Trinajstić information content (AvgIpc) is 3.06. The van der Waals surface area contributed by atoms with Crippen LogP contribution < -0.4 is 5.32 Å². The first-order valence-electron chi connectivity index (χ1n) is 15.0. The van der Waals surface area contributed by atoms with E-state index in [1.54, 1.807) is 0 Å². The highest BCUT2D eigenvalue weighted by molar-refractivity contribution is 5.73. The Morgan fingerprint density at radius 2 is 1.10 bits per heavy atom. The Balaban J connectivity index is 1.70. The van der Waals surface area contributed by atoms with E-state index in [1.807, 2.05) is 0 Å². The second-order valence-corrected chi connectivity index (χ2v) is 11.8. The van der Waals surface area contributed by atoms with E-state index in [0.717, 1.165) is 6.92 Å². The molecule has 0 unspecified atom stereocenters. The number of aliphatic hydroxyl groups is 13. The first kappa shape index (κ1) is 41.6. The van der Waals surface area contributed by atoms with E-state index in [4.69, 9.17) is 28.4 Å². The number of amides is 1. The maximum atomic E-state index is 11.6. The zero-order valence-electron chi connectivity index (χ0n) is 25.8. The van der Waals surface area contributed by atoms with Crippen molar-refractivity contribution in [2.45, 2.75) is 123 Å². The van der Waals surface area contributed by atoms with Gasteiger partial charge in [0, 0.05) is 6.92 Å². The van der Waals surface area contributed by atoms with E-state index in [0.29, 0.717) is 0 Å². The fourth-order valence-electron chi connectivity index (χ4n) is 5.32. The third-order valence-corrected chi connectivity index (χ3v) is 8.19. The Bertz CT molecular complexity index is 1060. The molecule has 0 aromatic carbocycles. The quantitative estimate of drug-likeness (QED) is 0.0745. The van der Waals surface area contributed by atoms with Gasteiger partial charge in [-0.25, -0.2) is 4.79 Å². The first-order chi connectivity index (χ1) is 22.9. The second-order valence-electron chi connectivity index (χ2n) is 11.8. The Morgan fingerprint density at radius 1 is 0.653 bits per heavy atom. The van der Waals surface area contributed by atoms with Crippen LogP contribution in [0.3, 0.4) is 0 Å². The minimum absolute atomic E-state index is 0.712. The number of carbonyl (C=O) groups excluding carboxylic acids is 1. The first-order valence-corrected chi connectivity index (χ1v) is 15.0. The summed E-state index contributed by atoms with van der Waals surface area (Å²) in [4.78, 5) is 23.0. The number of aliphatic carboxylic acids is 1. The Hall–Kier alpha value is -1.82. The minimum Gasteiger partial charge on any atom is -0.479 e. The molecule has 15 N–H and O–H groups in total. The number of carboxylic acids is 1. The molecule has 3 aliphatic rings. The topological polar surface area (TPSA) is 385 Å². The smallest absolute Gasteiger partial charge is 0.335 e. The number of carbonyl (C=O) groups is 2. The number of ether oxygens (including phenoxy) is 6. The van der Waals surface area contributed by atoms with Crippen LogP contribution in [0.15, 0.2) is 0 Å².